The van der Waals surface area contributed by atoms with Crippen molar-refractivity contribution in [1.29, 1.82) is 0 Å². The summed E-state index contributed by atoms with van der Waals surface area (Å²) in [6.07, 6.45) is 6.94. The lowest BCUT2D eigenvalue weighted by Crippen LogP contribution is -2.23. The Morgan fingerprint density at radius 1 is 1.00 bits per heavy atom. The molecule has 3 rings (SSSR count). The number of esters is 1. The molecule has 0 fully saturated rings. The smallest absolute Gasteiger partial charge is 0.342 e. The first-order valence-electron chi connectivity index (χ1n) is 11.1. The molecule has 2 aromatic carbocycles. The van der Waals surface area contributed by atoms with Crippen molar-refractivity contribution in [3.05, 3.63) is 71.3 Å². The number of ether oxygens (including phenoxy) is 4. The maximum Gasteiger partial charge on any atom is 0.342 e. The number of phenols is 1. The van der Waals surface area contributed by atoms with Gasteiger partial charge in [-0.15, -0.1) is 0 Å². The molecule has 0 aliphatic carbocycles. The number of ketones is 1. The molecule has 0 saturated heterocycles. The van der Waals surface area contributed by atoms with E-state index >= 15 is 0 Å². The van der Waals surface area contributed by atoms with E-state index in [0.29, 0.717) is 37.2 Å². The minimum Gasteiger partial charge on any atom is -0.507 e. The average molecular weight is 467 g/mol. The van der Waals surface area contributed by atoms with Crippen LogP contribution in [0, 0.1) is 0 Å². The van der Waals surface area contributed by atoms with E-state index in [0.717, 1.165) is 11.3 Å². The molecule has 180 valence electrons. The molecular formula is C27H30O7. The van der Waals surface area contributed by atoms with Crippen LogP contribution in [0.2, 0.25) is 0 Å². The lowest BCUT2D eigenvalue weighted by Gasteiger charge is -2.17. The molecule has 0 bridgehead atoms. The third-order valence-corrected chi connectivity index (χ3v) is 5.44. The summed E-state index contributed by atoms with van der Waals surface area (Å²) < 4.78 is 21.8. The van der Waals surface area contributed by atoms with Crippen molar-refractivity contribution < 1.29 is 33.6 Å². The first-order chi connectivity index (χ1) is 16.4. The van der Waals surface area contributed by atoms with Gasteiger partial charge in [-0.3, -0.25) is 4.79 Å². The first kappa shape index (κ1) is 25.1. The zero-order valence-corrected chi connectivity index (χ0v) is 19.7. The van der Waals surface area contributed by atoms with Crippen LogP contribution in [0.5, 0.6) is 17.2 Å². The quantitative estimate of drug-likeness (QED) is 0.629. The Labute approximate surface area is 199 Å². The van der Waals surface area contributed by atoms with Gasteiger partial charge in [0.25, 0.3) is 0 Å². The third-order valence-electron chi connectivity index (χ3n) is 5.44. The van der Waals surface area contributed by atoms with Crippen LogP contribution < -0.4 is 9.47 Å². The standard InChI is InChI=1S/C27H30O7/c1-18-7-6-9-23(28)25(33-17-19-11-13-21(31-2)14-12-19)10-5-4-8-20-15-22(32-3)16-24(29)26(20)27(30)34-18/h4,6,8-9,11-16,18,25,29H,5,7,10,17H2,1-3H3/t18-,25-/m0/s1. The molecule has 0 aromatic heterocycles. The fourth-order valence-corrected chi connectivity index (χ4v) is 3.55. The van der Waals surface area contributed by atoms with Crippen LogP contribution in [0.3, 0.4) is 0 Å². The van der Waals surface area contributed by atoms with Crippen LogP contribution in [0.15, 0.2) is 54.6 Å². The maximum absolute atomic E-state index is 12.8. The number of hydrogen-bond donors (Lipinski definition) is 1. The number of cyclic esters (lactones) is 1. The van der Waals surface area contributed by atoms with Crippen molar-refractivity contribution in [2.75, 3.05) is 14.2 Å². The lowest BCUT2D eigenvalue weighted by atomic mass is 10.0. The molecule has 2 aromatic rings. The van der Waals surface area contributed by atoms with Crippen LogP contribution in [-0.4, -0.2) is 43.3 Å². The number of benzene rings is 2. The minimum absolute atomic E-state index is 0.0771. The lowest BCUT2D eigenvalue weighted by molar-refractivity contribution is -0.126. The number of phenolic OH excluding ortho intramolecular Hbond substituents is 1. The Bertz CT molecular complexity index is 1050. The van der Waals surface area contributed by atoms with Gasteiger partial charge in [-0.2, -0.15) is 0 Å². The predicted molar refractivity (Wildman–Crippen MR) is 128 cm³/mol. The molecule has 1 aliphatic rings. The average Bonchev–Trinajstić information content (AvgIpc) is 2.82. The minimum atomic E-state index is -0.634. The zero-order valence-electron chi connectivity index (χ0n) is 19.7. The summed E-state index contributed by atoms with van der Waals surface area (Å²) in [5.74, 6) is 0.182. The Morgan fingerprint density at radius 2 is 1.74 bits per heavy atom. The molecule has 1 N–H and O–H groups in total. The largest absolute Gasteiger partial charge is 0.507 e. The number of rotatable bonds is 5. The summed E-state index contributed by atoms with van der Waals surface area (Å²) in [6.45, 7) is 2.02. The summed E-state index contributed by atoms with van der Waals surface area (Å²) in [7, 11) is 3.09. The van der Waals surface area contributed by atoms with Gasteiger partial charge in [0.15, 0.2) is 5.78 Å². The number of fused-ring (bicyclic) bond motifs is 1. The molecule has 0 amide bonds. The highest BCUT2D eigenvalue weighted by Gasteiger charge is 2.21. The number of methoxy groups -OCH3 is 2. The van der Waals surface area contributed by atoms with E-state index in [1.807, 2.05) is 30.3 Å². The van der Waals surface area contributed by atoms with Crippen molar-refractivity contribution in [2.24, 2.45) is 0 Å². The van der Waals surface area contributed by atoms with E-state index in [1.54, 1.807) is 32.3 Å². The van der Waals surface area contributed by atoms with Crippen molar-refractivity contribution in [2.45, 2.75) is 45.0 Å². The van der Waals surface area contributed by atoms with Gasteiger partial charge >= 0.3 is 5.97 Å². The Hall–Kier alpha value is -3.58. The van der Waals surface area contributed by atoms with Crippen LogP contribution in [0.25, 0.3) is 6.08 Å². The summed E-state index contributed by atoms with van der Waals surface area (Å²) >= 11 is 0. The Kier molecular flexibility index (Phi) is 8.87. The van der Waals surface area contributed by atoms with Gasteiger partial charge < -0.3 is 24.1 Å². The van der Waals surface area contributed by atoms with Crippen LogP contribution in [-0.2, 0) is 20.9 Å². The van der Waals surface area contributed by atoms with E-state index < -0.39 is 18.2 Å². The van der Waals surface area contributed by atoms with Gasteiger partial charge in [-0.05, 0) is 55.2 Å². The van der Waals surface area contributed by atoms with Crippen molar-refractivity contribution in [3.8, 4) is 17.2 Å². The summed E-state index contributed by atoms with van der Waals surface area (Å²) in [5.41, 5.74) is 1.49. The van der Waals surface area contributed by atoms with E-state index in [1.165, 1.54) is 19.3 Å². The normalized spacial score (nSPS) is 19.1. The number of carbonyl (C=O) groups excluding carboxylic acids is 2. The summed E-state index contributed by atoms with van der Waals surface area (Å²) in [6, 6.07) is 10.5. The van der Waals surface area contributed by atoms with E-state index in [2.05, 4.69) is 0 Å². The molecule has 1 aliphatic heterocycles. The van der Waals surface area contributed by atoms with Gasteiger partial charge in [0, 0.05) is 12.5 Å². The summed E-state index contributed by atoms with van der Waals surface area (Å²) in [5, 5.41) is 10.4. The summed E-state index contributed by atoms with van der Waals surface area (Å²) in [4.78, 5) is 25.5. The third kappa shape index (κ3) is 6.71. The van der Waals surface area contributed by atoms with Gasteiger partial charge in [-0.1, -0.05) is 30.4 Å². The van der Waals surface area contributed by atoms with Gasteiger partial charge in [-0.25, -0.2) is 4.79 Å². The molecular weight excluding hydrogens is 436 g/mol. The van der Waals surface area contributed by atoms with Gasteiger partial charge in [0.2, 0.25) is 0 Å². The zero-order chi connectivity index (χ0) is 24.5. The molecule has 2 atom stereocenters. The van der Waals surface area contributed by atoms with Crippen LogP contribution in [0.4, 0.5) is 0 Å². The molecule has 7 heteroatoms. The van der Waals surface area contributed by atoms with Crippen molar-refractivity contribution in [1.82, 2.24) is 0 Å². The number of hydrogen-bond acceptors (Lipinski definition) is 7. The molecule has 0 spiro atoms. The fraction of sp³-hybridized carbons (Fsp3) is 0.333. The van der Waals surface area contributed by atoms with E-state index in [9.17, 15) is 14.7 Å². The fourth-order valence-electron chi connectivity index (χ4n) is 3.55. The second-order valence-electron chi connectivity index (χ2n) is 7.99. The monoisotopic (exact) mass is 466 g/mol. The van der Waals surface area contributed by atoms with Crippen LogP contribution >= 0.6 is 0 Å². The highest BCUT2D eigenvalue weighted by atomic mass is 16.5. The SMILES string of the molecule is COc1ccc(CO[C@H]2CCC=Cc3cc(OC)cc(O)c3C(=O)O[C@@H](C)CC=CC2=O)cc1. The second-order valence-corrected chi connectivity index (χ2v) is 7.99. The first-order valence-corrected chi connectivity index (χ1v) is 11.1. The highest BCUT2D eigenvalue weighted by molar-refractivity contribution is 5.97. The number of aromatic hydroxyl groups is 1. The second kappa shape index (κ2) is 12.0. The maximum atomic E-state index is 12.8. The predicted octanol–water partition coefficient (Wildman–Crippen LogP) is 4.86. The van der Waals surface area contributed by atoms with Crippen molar-refractivity contribution >= 4 is 17.8 Å². The number of carbonyl (C=O) groups is 2. The molecule has 1 heterocycles. The Balaban J connectivity index is 1.81. The molecule has 7 nitrogen and oxygen atoms in total. The molecule has 0 radical (unpaired) electrons. The van der Waals surface area contributed by atoms with E-state index in [4.69, 9.17) is 18.9 Å². The van der Waals surface area contributed by atoms with Gasteiger partial charge in [0.05, 0.1) is 20.8 Å². The topological polar surface area (TPSA) is 91.3 Å². The highest BCUT2D eigenvalue weighted by Crippen LogP contribution is 2.30. The van der Waals surface area contributed by atoms with E-state index in [-0.39, 0.29) is 17.1 Å². The molecule has 34 heavy (non-hydrogen) atoms. The van der Waals surface area contributed by atoms with Gasteiger partial charge in [0.1, 0.15) is 35.0 Å². The van der Waals surface area contributed by atoms with Crippen molar-refractivity contribution in [3.63, 3.8) is 0 Å². The number of allylic oxidation sites excluding steroid dienone is 1. The molecule has 0 unspecified atom stereocenters. The van der Waals surface area contributed by atoms with Crippen LogP contribution in [0.1, 0.15) is 47.7 Å². The Morgan fingerprint density at radius 3 is 2.44 bits per heavy atom. The molecule has 0 saturated carbocycles.